The topological polar surface area (TPSA) is 12.0 Å². The molecule has 0 aliphatic carbocycles. The highest BCUT2D eigenvalue weighted by molar-refractivity contribution is 4.75. The zero-order chi connectivity index (χ0) is 11.2. The van der Waals surface area contributed by atoms with Gasteiger partial charge in [-0.1, -0.05) is 41.5 Å². The highest BCUT2D eigenvalue weighted by Crippen LogP contribution is 2.23. The molecule has 14 heavy (non-hydrogen) atoms. The quantitative estimate of drug-likeness (QED) is 0.685. The predicted octanol–water partition coefficient (Wildman–Crippen LogP) is 3.84. The van der Waals surface area contributed by atoms with Crippen molar-refractivity contribution in [3.8, 4) is 0 Å². The molecule has 0 heterocycles. The maximum atomic E-state index is 3.66. The Kier molecular flexibility index (Phi) is 6.43. The van der Waals surface area contributed by atoms with Crippen LogP contribution in [0.1, 0.15) is 60.8 Å². The SMILES string of the molecule is CCCNC(CC(C)C)CC(C)(C)C. The molecule has 0 amide bonds. The van der Waals surface area contributed by atoms with Crippen molar-refractivity contribution in [1.29, 1.82) is 0 Å². The standard InChI is InChI=1S/C13H29N/c1-7-8-14-12(9-11(2)3)10-13(4,5)6/h11-12,14H,7-10H2,1-6H3. The third-order valence-electron chi connectivity index (χ3n) is 2.30. The van der Waals surface area contributed by atoms with Crippen molar-refractivity contribution in [2.45, 2.75) is 66.8 Å². The molecule has 0 aliphatic heterocycles. The van der Waals surface area contributed by atoms with Gasteiger partial charge in [-0.25, -0.2) is 0 Å². The van der Waals surface area contributed by atoms with E-state index in [1.165, 1.54) is 19.3 Å². The lowest BCUT2D eigenvalue weighted by Gasteiger charge is -2.28. The summed E-state index contributed by atoms with van der Waals surface area (Å²) >= 11 is 0. The minimum absolute atomic E-state index is 0.445. The molecule has 0 aliphatic rings. The van der Waals surface area contributed by atoms with Crippen molar-refractivity contribution in [3.63, 3.8) is 0 Å². The number of hydrogen-bond donors (Lipinski definition) is 1. The Bertz CT molecular complexity index is 133. The Morgan fingerprint density at radius 3 is 2.07 bits per heavy atom. The second kappa shape index (κ2) is 6.44. The first-order valence-electron chi connectivity index (χ1n) is 6.08. The lowest BCUT2D eigenvalue weighted by atomic mass is 9.85. The summed E-state index contributed by atoms with van der Waals surface area (Å²) < 4.78 is 0. The van der Waals surface area contributed by atoms with Crippen LogP contribution in [0.25, 0.3) is 0 Å². The Labute approximate surface area is 90.7 Å². The second-order valence-electron chi connectivity index (χ2n) is 6.05. The molecule has 0 fully saturated rings. The van der Waals surface area contributed by atoms with Crippen molar-refractivity contribution >= 4 is 0 Å². The van der Waals surface area contributed by atoms with Gasteiger partial charge in [-0.15, -0.1) is 0 Å². The third-order valence-corrected chi connectivity index (χ3v) is 2.30. The molecule has 1 unspecified atom stereocenters. The fourth-order valence-electron chi connectivity index (χ4n) is 1.90. The first-order valence-corrected chi connectivity index (χ1v) is 6.08. The molecule has 1 atom stereocenters. The summed E-state index contributed by atoms with van der Waals surface area (Å²) in [6.45, 7) is 15.0. The van der Waals surface area contributed by atoms with Crippen LogP contribution in [-0.2, 0) is 0 Å². The van der Waals surface area contributed by atoms with Crippen LogP contribution in [0, 0.1) is 11.3 Å². The molecule has 0 aromatic rings. The van der Waals surface area contributed by atoms with E-state index >= 15 is 0 Å². The third kappa shape index (κ3) is 8.55. The number of nitrogens with one attached hydrogen (secondary N) is 1. The van der Waals surface area contributed by atoms with Gasteiger partial charge in [0.15, 0.2) is 0 Å². The van der Waals surface area contributed by atoms with Gasteiger partial charge in [0, 0.05) is 6.04 Å². The van der Waals surface area contributed by atoms with E-state index in [0.29, 0.717) is 11.5 Å². The molecule has 1 nitrogen and oxygen atoms in total. The number of rotatable bonds is 6. The first-order chi connectivity index (χ1) is 6.35. The van der Waals surface area contributed by atoms with Gasteiger partial charge in [0.1, 0.15) is 0 Å². The molecule has 0 saturated heterocycles. The normalized spacial score (nSPS) is 14.8. The van der Waals surface area contributed by atoms with Crippen LogP contribution in [0.4, 0.5) is 0 Å². The Morgan fingerprint density at radius 1 is 1.14 bits per heavy atom. The predicted molar refractivity (Wildman–Crippen MR) is 65.6 cm³/mol. The minimum atomic E-state index is 0.445. The summed E-state index contributed by atoms with van der Waals surface area (Å²) in [6.07, 6.45) is 3.82. The molecule has 0 aromatic heterocycles. The van der Waals surface area contributed by atoms with Gasteiger partial charge in [-0.3, -0.25) is 0 Å². The fraction of sp³-hybridized carbons (Fsp3) is 1.00. The summed E-state index contributed by atoms with van der Waals surface area (Å²) in [6, 6.07) is 0.704. The second-order valence-corrected chi connectivity index (χ2v) is 6.05. The molecule has 0 rings (SSSR count). The highest BCUT2D eigenvalue weighted by atomic mass is 14.9. The van der Waals surface area contributed by atoms with Crippen molar-refractivity contribution in [1.82, 2.24) is 5.32 Å². The molecule has 0 bridgehead atoms. The van der Waals surface area contributed by atoms with E-state index in [1.807, 2.05) is 0 Å². The van der Waals surface area contributed by atoms with E-state index < -0.39 is 0 Å². The van der Waals surface area contributed by atoms with Gasteiger partial charge in [-0.05, 0) is 37.1 Å². The molecule has 1 heteroatoms. The van der Waals surface area contributed by atoms with E-state index in [4.69, 9.17) is 0 Å². The lowest BCUT2D eigenvalue weighted by molar-refractivity contribution is 0.281. The average Bonchev–Trinajstić information content (AvgIpc) is 1.96. The Balaban J connectivity index is 3.97. The van der Waals surface area contributed by atoms with Gasteiger partial charge in [0.2, 0.25) is 0 Å². The van der Waals surface area contributed by atoms with Crippen molar-refractivity contribution < 1.29 is 0 Å². The zero-order valence-corrected chi connectivity index (χ0v) is 11.0. The van der Waals surface area contributed by atoms with Gasteiger partial charge in [0.05, 0.1) is 0 Å². The van der Waals surface area contributed by atoms with Gasteiger partial charge in [-0.2, -0.15) is 0 Å². The summed E-state index contributed by atoms with van der Waals surface area (Å²) in [5.74, 6) is 0.798. The molecule has 0 radical (unpaired) electrons. The van der Waals surface area contributed by atoms with Crippen molar-refractivity contribution in [3.05, 3.63) is 0 Å². The van der Waals surface area contributed by atoms with Crippen LogP contribution < -0.4 is 5.32 Å². The molecule has 0 saturated carbocycles. The van der Waals surface area contributed by atoms with Gasteiger partial charge in [0.25, 0.3) is 0 Å². The Morgan fingerprint density at radius 2 is 1.71 bits per heavy atom. The van der Waals surface area contributed by atoms with E-state index in [-0.39, 0.29) is 0 Å². The van der Waals surface area contributed by atoms with Crippen LogP contribution in [0.3, 0.4) is 0 Å². The number of hydrogen-bond acceptors (Lipinski definition) is 1. The fourth-order valence-corrected chi connectivity index (χ4v) is 1.90. The maximum Gasteiger partial charge on any atom is 0.00744 e. The van der Waals surface area contributed by atoms with E-state index in [1.54, 1.807) is 0 Å². The summed E-state index contributed by atoms with van der Waals surface area (Å²) in [7, 11) is 0. The zero-order valence-electron chi connectivity index (χ0n) is 11.0. The summed E-state index contributed by atoms with van der Waals surface area (Å²) in [5, 5.41) is 3.66. The molecule has 0 spiro atoms. The van der Waals surface area contributed by atoms with Crippen molar-refractivity contribution in [2.75, 3.05) is 6.54 Å². The van der Waals surface area contributed by atoms with Crippen molar-refractivity contribution in [2.24, 2.45) is 11.3 Å². The summed E-state index contributed by atoms with van der Waals surface area (Å²) in [5.41, 5.74) is 0.445. The molecule has 86 valence electrons. The molecule has 0 aromatic carbocycles. The molecular weight excluding hydrogens is 170 g/mol. The van der Waals surface area contributed by atoms with E-state index in [9.17, 15) is 0 Å². The van der Waals surface area contributed by atoms with Gasteiger partial charge >= 0.3 is 0 Å². The molecule has 1 N–H and O–H groups in total. The average molecular weight is 199 g/mol. The van der Waals surface area contributed by atoms with Crippen LogP contribution in [0.15, 0.2) is 0 Å². The largest absolute Gasteiger partial charge is 0.314 e. The van der Waals surface area contributed by atoms with Crippen LogP contribution in [0.2, 0.25) is 0 Å². The smallest absolute Gasteiger partial charge is 0.00744 e. The Hall–Kier alpha value is -0.0400. The van der Waals surface area contributed by atoms with E-state index in [0.717, 1.165) is 12.5 Å². The first kappa shape index (κ1) is 14.0. The summed E-state index contributed by atoms with van der Waals surface area (Å²) in [4.78, 5) is 0. The molecular formula is C13H29N. The highest BCUT2D eigenvalue weighted by Gasteiger charge is 2.18. The lowest BCUT2D eigenvalue weighted by Crippen LogP contribution is -2.34. The van der Waals surface area contributed by atoms with Crippen LogP contribution >= 0.6 is 0 Å². The van der Waals surface area contributed by atoms with Crippen LogP contribution in [-0.4, -0.2) is 12.6 Å². The van der Waals surface area contributed by atoms with Crippen LogP contribution in [0.5, 0.6) is 0 Å². The van der Waals surface area contributed by atoms with E-state index in [2.05, 4.69) is 46.9 Å². The monoisotopic (exact) mass is 199 g/mol. The van der Waals surface area contributed by atoms with Gasteiger partial charge < -0.3 is 5.32 Å². The maximum absolute atomic E-state index is 3.66. The minimum Gasteiger partial charge on any atom is -0.314 e.